The smallest absolute Gasteiger partial charge is 0.339 e. The van der Waals surface area contributed by atoms with Gasteiger partial charge in [-0.1, -0.05) is 12.1 Å². The number of nitrogens with zero attached hydrogens (tertiary/aromatic N) is 2. The molecule has 106 valence electrons. The molecule has 6 heteroatoms. The normalized spacial score (nSPS) is 12.3. The third kappa shape index (κ3) is 3.03. The standard InChI is InChI=1S/C14H16FN3O2/c1-9(10-3-5-11(15)6-4-10)16-8-13-12(14(19)20)7-17-18(13)2/h3-7,9,16H,8H2,1-2H3,(H,19,20)/t9-/m0/s1. The number of hydrogen-bond acceptors (Lipinski definition) is 3. The maximum Gasteiger partial charge on any atom is 0.339 e. The molecule has 1 aromatic heterocycles. The van der Waals surface area contributed by atoms with Crippen LogP contribution in [0.2, 0.25) is 0 Å². The van der Waals surface area contributed by atoms with Gasteiger partial charge in [0.2, 0.25) is 0 Å². The number of aromatic nitrogens is 2. The molecule has 5 nitrogen and oxygen atoms in total. The van der Waals surface area contributed by atoms with E-state index in [-0.39, 0.29) is 17.4 Å². The zero-order chi connectivity index (χ0) is 14.7. The van der Waals surface area contributed by atoms with Gasteiger partial charge in [0.05, 0.1) is 11.9 Å². The summed E-state index contributed by atoms with van der Waals surface area (Å²) in [4.78, 5) is 11.1. The van der Waals surface area contributed by atoms with Gasteiger partial charge in [-0.15, -0.1) is 0 Å². The number of carbonyl (C=O) groups is 1. The molecule has 2 N–H and O–H groups in total. The van der Waals surface area contributed by atoms with Gasteiger partial charge in [0, 0.05) is 19.6 Å². The van der Waals surface area contributed by atoms with Crippen molar-refractivity contribution in [3.8, 4) is 0 Å². The van der Waals surface area contributed by atoms with Crippen molar-refractivity contribution in [2.24, 2.45) is 7.05 Å². The molecule has 0 aliphatic heterocycles. The Kier molecular flexibility index (Phi) is 4.14. The number of carboxylic acid groups (broad SMARTS) is 1. The van der Waals surface area contributed by atoms with Crippen molar-refractivity contribution in [2.75, 3.05) is 0 Å². The van der Waals surface area contributed by atoms with Gasteiger partial charge in [0.1, 0.15) is 11.4 Å². The molecule has 2 rings (SSSR count). The molecule has 0 saturated carbocycles. The summed E-state index contributed by atoms with van der Waals surface area (Å²) in [5.74, 6) is -1.27. The second kappa shape index (κ2) is 5.83. The highest BCUT2D eigenvalue weighted by Gasteiger charge is 2.15. The Hall–Kier alpha value is -2.21. The van der Waals surface area contributed by atoms with Crippen LogP contribution in [0.25, 0.3) is 0 Å². The number of hydrogen-bond donors (Lipinski definition) is 2. The molecule has 1 atom stereocenters. The largest absolute Gasteiger partial charge is 0.478 e. The van der Waals surface area contributed by atoms with Crippen molar-refractivity contribution in [3.63, 3.8) is 0 Å². The highest BCUT2D eigenvalue weighted by atomic mass is 19.1. The quantitative estimate of drug-likeness (QED) is 0.878. The highest BCUT2D eigenvalue weighted by molar-refractivity contribution is 5.88. The van der Waals surface area contributed by atoms with Gasteiger partial charge in [-0.05, 0) is 24.6 Å². The number of aromatic carboxylic acids is 1. The van der Waals surface area contributed by atoms with Crippen molar-refractivity contribution < 1.29 is 14.3 Å². The predicted octanol–water partition coefficient (Wildman–Crippen LogP) is 2.11. The first-order chi connectivity index (χ1) is 9.49. The molecule has 0 aliphatic rings. The van der Waals surface area contributed by atoms with Crippen molar-refractivity contribution in [1.82, 2.24) is 15.1 Å². The summed E-state index contributed by atoms with van der Waals surface area (Å²) in [6.07, 6.45) is 1.34. The highest BCUT2D eigenvalue weighted by Crippen LogP contribution is 2.15. The average molecular weight is 277 g/mol. The summed E-state index contributed by atoms with van der Waals surface area (Å²) >= 11 is 0. The van der Waals surface area contributed by atoms with Crippen LogP contribution in [0.3, 0.4) is 0 Å². The fourth-order valence-corrected chi connectivity index (χ4v) is 1.97. The molecule has 0 bridgehead atoms. The molecular weight excluding hydrogens is 261 g/mol. The van der Waals surface area contributed by atoms with Crippen LogP contribution in [0, 0.1) is 5.82 Å². The third-order valence-electron chi connectivity index (χ3n) is 3.24. The second-order valence-electron chi connectivity index (χ2n) is 4.59. The van der Waals surface area contributed by atoms with Crippen LogP contribution in [-0.2, 0) is 13.6 Å². The minimum atomic E-state index is -0.996. The van der Waals surface area contributed by atoms with Crippen molar-refractivity contribution in [1.29, 1.82) is 0 Å². The van der Waals surface area contributed by atoms with E-state index in [1.165, 1.54) is 23.0 Å². The summed E-state index contributed by atoms with van der Waals surface area (Å²) in [6.45, 7) is 2.31. The first-order valence-corrected chi connectivity index (χ1v) is 6.22. The van der Waals surface area contributed by atoms with Crippen LogP contribution in [0.1, 0.15) is 34.6 Å². The van der Waals surface area contributed by atoms with Crippen molar-refractivity contribution in [3.05, 3.63) is 53.1 Å². The lowest BCUT2D eigenvalue weighted by Gasteiger charge is -2.14. The molecule has 0 fully saturated rings. The average Bonchev–Trinajstić information content (AvgIpc) is 2.78. The summed E-state index contributed by atoms with van der Waals surface area (Å²) in [6, 6.07) is 6.19. The summed E-state index contributed by atoms with van der Waals surface area (Å²) < 4.78 is 14.4. The Morgan fingerprint density at radius 3 is 2.70 bits per heavy atom. The van der Waals surface area contributed by atoms with Crippen LogP contribution < -0.4 is 5.32 Å². The number of aryl methyl sites for hydroxylation is 1. The van der Waals surface area contributed by atoms with E-state index in [0.29, 0.717) is 12.2 Å². The zero-order valence-electron chi connectivity index (χ0n) is 11.3. The van der Waals surface area contributed by atoms with E-state index in [1.807, 2.05) is 6.92 Å². The summed E-state index contributed by atoms with van der Waals surface area (Å²) in [7, 11) is 1.70. The van der Waals surface area contributed by atoms with Gasteiger partial charge >= 0.3 is 5.97 Å². The molecule has 1 aromatic carbocycles. The van der Waals surface area contributed by atoms with E-state index < -0.39 is 5.97 Å². The Morgan fingerprint density at radius 2 is 2.10 bits per heavy atom. The van der Waals surface area contributed by atoms with Gasteiger partial charge < -0.3 is 10.4 Å². The molecule has 20 heavy (non-hydrogen) atoms. The van der Waals surface area contributed by atoms with Crippen LogP contribution >= 0.6 is 0 Å². The number of benzene rings is 1. The number of rotatable bonds is 5. The number of carboxylic acids is 1. The Balaban J connectivity index is 2.07. The van der Waals surface area contributed by atoms with Crippen molar-refractivity contribution >= 4 is 5.97 Å². The lowest BCUT2D eigenvalue weighted by molar-refractivity contribution is 0.0695. The minimum absolute atomic E-state index is 0.0212. The zero-order valence-corrected chi connectivity index (χ0v) is 11.3. The van der Waals surface area contributed by atoms with E-state index in [1.54, 1.807) is 19.2 Å². The fourth-order valence-electron chi connectivity index (χ4n) is 1.97. The molecule has 0 radical (unpaired) electrons. The minimum Gasteiger partial charge on any atom is -0.478 e. The van der Waals surface area contributed by atoms with Gasteiger partial charge in [-0.25, -0.2) is 9.18 Å². The molecule has 0 spiro atoms. The topological polar surface area (TPSA) is 67.2 Å². The first kappa shape index (κ1) is 14.2. The van der Waals surface area contributed by atoms with Crippen LogP contribution in [0.4, 0.5) is 4.39 Å². The van der Waals surface area contributed by atoms with Crippen LogP contribution in [0.5, 0.6) is 0 Å². The van der Waals surface area contributed by atoms with E-state index in [2.05, 4.69) is 10.4 Å². The lowest BCUT2D eigenvalue weighted by atomic mass is 10.1. The molecule has 0 aliphatic carbocycles. The van der Waals surface area contributed by atoms with E-state index in [0.717, 1.165) is 5.56 Å². The number of halogens is 1. The fraction of sp³-hybridized carbons (Fsp3) is 0.286. The number of nitrogens with one attached hydrogen (secondary N) is 1. The van der Waals surface area contributed by atoms with Gasteiger partial charge in [0.15, 0.2) is 0 Å². The molecule has 1 heterocycles. The molecule has 0 amide bonds. The maximum atomic E-state index is 12.9. The molecular formula is C14H16FN3O2. The maximum absolute atomic E-state index is 12.9. The summed E-state index contributed by atoms with van der Waals surface area (Å²) in [5, 5.41) is 16.2. The monoisotopic (exact) mass is 277 g/mol. The van der Waals surface area contributed by atoms with Gasteiger partial charge in [-0.2, -0.15) is 5.10 Å². The lowest BCUT2D eigenvalue weighted by Crippen LogP contribution is -2.21. The van der Waals surface area contributed by atoms with E-state index in [9.17, 15) is 9.18 Å². The Labute approximate surface area is 116 Å². The SMILES string of the molecule is C[C@H](NCc1c(C(=O)O)cnn1C)c1ccc(F)cc1. The van der Waals surface area contributed by atoms with E-state index >= 15 is 0 Å². The molecule has 2 aromatic rings. The Morgan fingerprint density at radius 1 is 1.45 bits per heavy atom. The molecule has 0 saturated heterocycles. The Bertz CT molecular complexity index is 607. The van der Waals surface area contributed by atoms with Gasteiger partial charge in [0.25, 0.3) is 0 Å². The van der Waals surface area contributed by atoms with Crippen LogP contribution in [-0.4, -0.2) is 20.9 Å². The predicted molar refractivity (Wildman–Crippen MR) is 71.8 cm³/mol. The van der Waals surface area contributed by atoms with E-state index in [4.69, 9.17) is 5.11 Å². The molecule has 0 unspecified atom stereocenters. The first-order valence-electron chi connectivity index (χ1n) is 6.22. The van der Waals surface area contributed by atoms with Crippen molar-refractivity contribution in [2.45, 2.75) is 19.5 Å². The third-order valence-corrected chi connectivity index (χ3v) is 3.24. The van der Waals surface area contributed by atoms with Crippen LogP contribution in [0.15, 0.2) is 30.5 Å². The van der Waals surface area contributed by atoms with Gasteiger partial charge in [-0.3, -0.25) is 4.68 Å². The summed E-state index contributed by atoms with van der Waals surface area (Å²) in [5.41, 5.74) is 1.73. The second-order valence-corrected chi connectivity index (χ2v) is 4.59.